The lowest BCUT2D eigenvalue weighted by Crippen LogP contribution is -2.19. The molecule has 1 aromatic rings. The van der Waals surface area contributed by atoms with Crippen molar-refractivity contribution in [3.05, 3.63) is 11.9 Å². The highest BCUT2D eigenvalue weighted by Crippen LogP contribution is 2.23. The van der Waals surface area contributed by atoms with Crippen LogP contribution >= 0.6 is 0 Å². The summed E-state index contributed by atoms with van der Waals surface area (Å²) in [5, 5.41) is 0. The molecular formula is C11H19N3. The molecule has 1 aromatic heterocycles. The van der Waals surface area contributed by atoms with Crippen LogP contribution in [0.3, 0.4) is 0 Å². The van der Waals surface area contributed by atoms with Gasteiger partial charge in [0.2, 0.25) is 5.95 Å². The molecule has 3 heteroatoms. The predicted molar refractivity (Wildman–Crippen MR) is 58.7 cm³/mol. The number of hydrogen-bond donors (Lipinski definition) is 1. The molecule has 1 aliphatic rings. The second-order valence-electron chi connectivity index (χ2n) is 5.06. The van der Waals surface area contributed by atoms with Crippen LogP contribution in [0.4, 0.5) is 5.95 Å². The minimum atomic E-state index is 0.172. The van der Waals surface area contributed by atoms with Gasteiger partial charge in [-0.15, -0.1) is 0 Å². The van der Waals surface area contributed by atoms with Crippen LogP contribution in [-0.2, 0) is 5.41 Å². The maximum Gasteiger partial charge on any atom is 0.202 e. The van der Waals surface area contributed by atoms with E-state index in [9.17, 15) is 0 Å². The first-order valence-corrected chi connectivity index (χ1v) is 5.38. The number of imidazole rings is 1. The first kappa shape index (κ1) is 9.56. The Bertz CT molecular complexity index is 303. The molecule has 0 unspecified atom stereocenters. The molecule has 0 amide bonds. The van der Waals surface area contributed by atoms with Crippen LogP contribution < -0.4 is 4.90 Å². The molecule has 14 heavy (non-hydrogen) atoms. The van der Waals surface area contributed by atoms with Crippen molar-refractivity contribution in [2.24, 2.45) is 0 Å². The van der Waals surface area contributed by atoms with Gasteiger partial charge in [0.15, 0.2) is 0 Å². The second-order valence-corrected chi connectivity index (χ2v) is 5.06. The van der Waals surface area contributed by atoms with Crippen LogP contribution in [0.2, 0.25) is 0 Å². The molecule has 1 fully saturated rings. The normalized spacial score (nSPS) is 17.8. The van der Waals surface area contributed by atoms with Crippen molar-refractivity contribution < 1.29 is 0 Å². The highest BCUT2D eigenvalue weighted by Gasteiger charge is 2.20. The number of nitrogens with one attached hydrogen (secondary N) is 1. The van der Waals surface area contributed by atoms with Crippen molar-refractivity contribution in [3.63, 3.8) is 0 Å². The summed E-state index contributed by atoms with van der Waals surface area (Å²) in [6.07, 6.45) is 4.56. The number of hydrogen-bond acceptors (Lipinski definition) is 2. The van der Waals surface area contributed by atoms with Crippen molar-refractivity contribution >= 4 is 5.95 Å². The zero-order chi connectivity index (χ0) is 10.2. The van der Waals surface area contributed by atoms with E-state index in [-0.39, 0.29) is 5.41 Å². The summed E-state index contributed by atoms with van der Waals surface area (Å²) in [5.74, 6) is 1.05. The standard InChI is InChI=1S/C11H19N3/c1-11(2,3)9-8-12-10(13-9)14-6-4-5-7-14/h8H,4-7H2,1-3H3,(H,12,13). The number of anilines is 1. The molecule has 0 bridgehead atoms. The van der Waals surface area contributed by atoms with Gasteiger partial charge in [-0.05, 0) is 12.8 Å². The molecule has 2 heterocycles. The van der Waals surface area contributed by atoms with Gasteiger partial charge >= 0.3 is 0 Å². The van der Waals surface area contributed by atoms with E-state index < -0.39 is 0 Å². The number of rotatable bonds is 1. The van der Waals surface area contributed by atoms with Gasteiger partial charge in [-0.2, -0.15) is 0 Å². The summed E-state index contributed by atoms with van der Waals surface area (Å²) in [7, 11) is 0. The summed E-state index contributed by atoms with van der Waals surface area (Å²) in [6, 6.07) is 0. The Morgan fingerprint density at radius 3 is 2.43 bits per heavy atom. The predicted octanol–water partition coefficient (Wildman–Crippen LogP) is 2.31. The van der Waals surface area contributed by atoms with Crippen molar-refractivity contribution in [2.45, 2.75) is 39.0 Å². The maximum atomic E-state index is 4.44. The number of nitrogens with zero attached hydrogens (tertiary/aromatic N) is 2. The van der Waals surface area contributed by atoms with Crippen LogP contribution in [0.25, 0.3) is 0 Å². The van der Waals surface area contributed by atoms with E-state index in [1.807, 2.05) is 6.20 Å². The van der Waals surface area contributed by atoms with Crippen LogP contribution in [-0.4, -0.2) is 23.1 Å². The van der Waals surface area contributed by atoms with Crippen molar-refractivity contribution in [1.82, 2.24) is 9.97 Å². The Hall–Kier alpha value is -0.990. The van der Waals surface area contributed by atoms with Gasteiger partial charge in [0.05, 0.1) is 6.20 Å². The zero-order valence-electron chi connectivity index (χ0n) is 9.30. The van der Waals surface area contributed by atoms with Gasteiger partial charge in [-0.1, -0.05) is 20.8 Å². The quantitative estimate of drug-likeness (QED) is 0.742. The van der Waals surface area contributed by atoms with E-state index in [2.05, 4.69) is 35.6 Å². The fourth-order valence-electron chi connectivity index (χ4n) is 1.78. The van der Waals surface area contributed by atoms with E-state index >= 15 is 0 Å². The molecule has 2 rings (SSSR count). The Kier molecular flexibility index (Phi) is 2.25. The van der Waals surface area contributed by atoms with Crippen LogP contribution in [0.1, 0.15) is 39.3 Å². The minimum Gasteiger partial charge on any atom is -0.342 e. The van der Waals surface area contributed by atoms with Crippen LogP contribution in [0, 0.1) is 0 Å². The smallest absolute Gasteiger partial charge is 0.202 e. The van der Waals surface area contributed by atoms with E-state index in [1.165, 1.54) is 18.5 Å². The third kappa shape index (κ3) is 1.76. The monoisotopic (exact) mass is 193 g/mol. The maximum absolute atomic E-state index is 4.44. The summed E-state index contributed by atoms with van der Waals surface area (Å²) in [6.45, 7) is 8.91. The lowest BCUT2D eigenvalue weighted by Gasteiger charge is -2.17. The topological polar surface area (TPSA) is 31.9 Å². The fourth-order valence-corrected chi connectivity index (χ4v) is 1.78. The first-order valence-electron chi connectivity index (χ1n) is 5.38. The molecule has 0 radical (unpaired) electrons. The van der Waals surface area contributed by atoms with Crippen LogP contribution in [0.5, 0.6) is 0 Å². The zero-order valence-corrected chi connectivity index (χ0v) is 9.30. The lowest BCUT2D eigenvalue weighted by atomic mass is 9.93. The van der Waals surface area contributed by atoms with E-state index in [0.29, 0.717) is 0 Å². The Morgan fingerprint density at radius 1 is 1.29 bits per heavy atom. The summed E-state index contributed by atoms with van der Waals surface area (Å²) in [4.78, 5) is 10.2. The van der Waals surface area contributed by atoms with Crippen molar-refractivity contribution in [3.8, 4) is 0 Å². The van der Waals surface area contributed by atoms with Crippen molar-refractivity contribution in [2.75, 3.05) is 18.0 Å². The molecule has 0 spiro atoms. The summed E-state index contributed by atoms with van der Waals surface area (Å²) in [5.41, 5.74) is 1.39. The average molecular weight is 193 g/mol. The largest absolute Gasteiger partial charge is 0.342 e. The molecule has 3 nitrogen and oxygen atoms in total. The Labute approximate surface area is 85.5 Å². The second kappa shape index (κ2) is 3.30. The van der Waals surface area contributed by atoms with Gasteiger partial charge in [0.1, 0.15) is 0 Å². The SMILES string of the molecule is CC(C)(C)c1cnc(N2CCCC2)[nH]1. The van der Waals surface area contributed by atoms with E-state index in [4.69, 9.17) is 0 Å². The molecule has 1 saturated heterocycles. The fraction of sp³-hybridized carbons (Fsp3) is 0.727. The van der Waals surface area contributed by atoms with E-state index in [1.54, 1.807) is 0 Å². The number of H-pyrrole nitrogens is 1. The summed E-state index contributed by atoms with van der Waals surface area (Å²) < 4.78 is 0. The molecule has 0 aromatic carbocycles. The molecular weight excluding hydrogens is 174 g/mol. The third-order valence-corrected chi connectivity index (χ3v) is 2.78. The van der Waals surface area contributed by atoms with E-state index in [0.717, 1.165) is 19.0 Å². The molecule has 1 aliphatic heterocycles. The third-order valence-electron chi connectivity index (χ3n) is 2.78. The minimum absolute atomic E-state index is 0.172. The molecule has 0 aliphatic carbocycles. The molecule has 0 atom stereocenters. The molecule has 78 valence electrons. The molecule has 0 saturated carbocycles. The van der Waals surface area contributed by atoms with Gasteiger partial charge in [0.25, 0.3) is 0 Å². The van der Waals surface area contributed by atoms with Crippen LogP contribution in [0.15, 0.2) is 6.20 Å². The Balaban J connectivity index is 2.17. The highest BCUT2D eigenvalue weighted by molar-refractivity contribution is 5.33. The first-order chi connectivity index (χ1) is 6.57. The van der Waals surface area contributed by atoms with Gasteiger partial charge in [-0.25, -0.2) is 4.98 Å². The van der Waals surface area contributed by atoms with Gasteiger partial charge < -0.3 is 9.88 Å². The number of aromatic nitrogens is 2. The summed E-state index contributed by atoms with van der Waals surface area (Å²) >= 11 is 0. The van der Waals surface area contributed by atoms with Gasteiger partial charge in [-0.3, -0.25) is 0 Å². The Morgan fingerprint density at radius 2 is 1.93 bits per heavy atom. The highest BCUT2D eigenvalue weighted by atomic mass is 15.3. The molecule has 1 N–H and O–H groups in total. The van der Waals surface area contributed by atoms with Crippen molar-refractivity contribution in [1.29, 1.82) is 0 Å². The van der Waals surface area contributed by atoms with Gasteiger partial charge in [0, 0.05) is 24.2 Å². The number of aromatic amines is 1. The average Bonchev–Trinajstić information content (AvgIpc) is 2.73. The lowest BCUT2D eigenvalue weighted by molar-refractivity contribution is 0.572.